The molecule has 0 fully saturated rings. The van der Waals surface area contributed by atoms with Gasteiger partial charge in [0.2, 0.25) is 5.28 Å². The summed E-state index contributed by atoms with van der Waals surface area (Å²) in [5, 5.41) is 14.2. The molecule has 0 bridgehead atoms. The van der Waals surface area contributed by atoms with E-state index in [1.807, 2.05) is 0 Å². The summed E-state index contributed by atoms with van der Waals surface area (Å²) in [6.45, 7) is 3.33. The van der Waals surface area contributed by atoms with Gasteiger partial charge in [-0.1, -0.05) is 23.2 Å². The van der Waals surface area contributed by atoms with Crippen LogP contribution < -0.4 is 5.32 Å². The summed E-state index contributed by atoms with van der Waals surface area (Å²) in [6, 6.07) is 5.12. The number of aromatic nitrogens is 2. The molecule has 1 aromatic heterocycles. The lowest BCUT2D eigenvalue weighted by molar-refractivity contribution is 0.0794. The minimum atomic E-state index is -1.07. The maximum atomic E-state index is 10.2. The normalized spacial score (nSPS) is 11.5. The van der Waals surface area contributed by atoms with Gasteiger partial charge in [-0.2, -0.15) is 4.98 Å². The summed E-state index contributed by atoms with van der Waals surface area (Å²) in [6.07, 6.45) is 1.40. The second-order valence-corrected chi connectivity index (χ2v) is 5.89. The lowest BCUT2D eigenvalue weighted by Gasteiger charge is -2.22. The van der Waals surface area contributed by atoms with Gasteiger partial charge in [-0.15, -0.1) is 0 Å². The van der Waals surface area contributed by atoms with Crippen molar-refractivity contribution in [2.45, 2.75) is 19.4 Å². The summed E-state index contributed by atoms with van der Waals surface area (Å²) in [7, 11) is 0. The quantitative estimate of drug-likeness (QED) is 0.818. The number of anilines is 2. The van der Waals surface area contributed by atoms with E-state index in [0.717, 1.165) is 0 Å². The van der Waals surface area contributed by atoms with E-state index in [1.165, 1.54) is 6.20 Å². The Morgan fingerprint density at radius 1 is 1.20 bits per heavy atom. The average Bonchev–Trinajstić information content (AvgIpc) is 2.34. The Morgan fingerprint density at radius 2 is 1.90 bits per heavy atom. The molecule has 106 valence electrons. The summed E-state index contributed by atoms with van der Waals surface area (Å²) in [5.41, 5.74) is 0.186. The van der Waals surface area contributed by atoms with Crippen LogP contribution in [0.3, 0.4) is 0 Å². The fourth-order valence-electron chi connectivity index (χ4n) is 1.69. The third-order valence-electron chi connectivity index (χ3n) is 2.61. The molecule has 0 amide bonds. The topological polar surface area (TPSA) is 58.0 Å². The molecule has 0 aliphatic heterocycles. The zero-order valence-electron chi connectivity index (χ0n) is 10.8. The second kappa shape index (κ2) is 5.74. The third-order valence-corrected chi connectivity index (χ3v) is 3.30. The second-order valence-electron chi connectivity index (χ2n) is 4.71. The molecule has 1 heterocycles. The number of halogens is 3. The van der Waals surface area contributed by atoms with Gasteiger partial charge in [0.15, 0.2) is 5.82 Å². The van der Waals surface area contributed by atoms with E-state index in [4.69, 9.17) is 34.8 Å². The molecule has 7 heteroatoms. The van der Waals surface area contributed by atoms with Crippen molar-refractivity contribution in [2.75, 3.05) is 5.32 Å². The maximum absolute atomic E-state index is 10.2. The van der Waals surface area contributed by atoms with Gasteiger partial charge in [0.1, 0.15) is 5.02 Å². The van der Waals surface area contributed by atoms with Crippen LogP contribution in [0.4, 0.5) is 11.5 Å². The Morgan fingerprint density at radius 3 is 2.55 bits per heavy atom. The van der Waals surface area contributed by atoms with Crippen molar-refractivity contribution in [2.24, 2.45) is 0 Å². The Balaban J connectivity index is 2.46. The lowest BCUT2D eigenvalue weighted by Crippen LogP contribution is -2.17. The van der Waals surface area contributed by atoms with E-state index in [1.54, 1.807) is 32.0 Å². The minimum absolute atomic E-state index is 0.0793. The molecule has 0 aliphatic rings. The van der Waals surface area contributed by atoms with Gasteiger partial charge in [-0.05, 0) is 43.6 Å². The zero-order valence-corrected chi connectivity index (χ0v) is 13.1. The van der Waals surface area contributed by atoms with Crippen LogP contribution in [0, 0.1) is 0 Å². The Hall–Kier alpha value is -1.07. The Bertz CT molecular complexity index is 641. The highest BCUT2D eigenvalue weighted by Crippen LogP contribution is 2.33. The number of nitrogens with one attached hydrogen (secondary N) is 1. The molecule has 0 radical (unpaired) electrons. The summed E-state index contributed by atoms with van der Waals surface area (Å²) >= 11 is 17.7. The average molecular weight is 333 g/mol. The first kappa shape index (κ1) is 15.3. The number of hydrogen-bond acceptors (Lipinski definition) is 4. The molecule has 1 aromatic carbocycles. The molecule has 0 atom stereocenters. The van der Waals surface area contributed by atoms with Crippen LogP contribution in [-0.4, -0.2) is 15.1 Å². The monoisotopic (exact) mass is 331 g/mol. The van der Waals surface area contributed by atoms with Crippen LogP contribution in [-0.2, 0) is 5.60 Å². The van der Waals surface area contributed by atoms with E-state index >= 15 is 0 Å². The molecule has 0 aliphatic carbocycles. The molecular weight excluding hydrogens is 321 g/mol. The van der Waals surface area contributed by atoms with Crippen molar-refractivity contribution in [3.8, 4) is 0 Å². The fourth-order valence-corrected chi connectivity index (χ4v) is 2.14. The van der Waals surface area contributed by atoms with E-state index in [0.29, 0.717) is 27.1 Å². The highest BCUT2D eigenvalue weighted by Gasteiger charge is 2.21. The zero-order chi connectivity index (χ0) is 14.9. The van der Waals surface area contributed by atoms with Crippen LogP contribution >= 0.6 is 34.8 Å². The molecule has 2 aromatic rings. The minimum Gasteiger partial charge on any atom is -0.386 e. The fraction of sp³-hybridized carbons (Fsp3) is 0.231. The molecule has 2 rings (SSSR count). The number of rotatable bonds is 3. The van der Waals surface area contributed by atoms with Gasteiger partial charge in [-0.25, -0.2) is 4.98 Å². The molecule has 0 unspecified atom stereocenters. The predicted octanol–water partition coefficient (Wildman–Crippen LogP) is 4.41. The van der Waals surface area contributed by atoms with Crippen LogP contribution in [0.5, 0.6) is 0 Å². The van der Waals surface area contributed by atoms with Crippen molar-refractivity contribution >= 4 is 46.3 Å². The Kier molecular flexibility index (Phi) is 4.39. The maximum Gasteiger partial charge on any atom is 0.224 e. The van der Waals surface area contributed by atoms with Gasteiger partial charge >= 0.3 is 0 Å². The molecule has 20 heavy (non-hydrogen) atoms. The van der Waals surface area contributed by atoms with Gasteiger partial charge in [-0.3, -0.25) is 0 Å². The van der Waals surface area contributed by atoms with Crippen LogP contribution in [0.15, 0.2) is 24.4 Å². The summed E-state index contributed by atoms with van der Waals surface area (Å²) < 4.78 is 0. The lowest BCUT2D eigenvalue weighted by atomic mass is 9.96. The van der Waals surface area contributed by atoms with Gasteiger partial charge in [0.05, 0.1) is 11.8 Å². The predicted molar refractivity (Wildman–Crippen MR) is 82.0 cm³/mol. The van der Waals surface area contributed by atoms with E-state index < -0.39 is 5.60 Å². The van der Waals surface area contributed by atoms with E-state index in [2.05, 4.69) is 15.3 Å². The molecule has 0 saturated heterocycles. The molecule has 2 N–H and O–H groups in total. The van der Waals surface area contributed by atoms with Crippen LogP contribution in [0.25, 0.3) is 0 Å². The number of benzene rings is 1. The van der Waals surface area contributed by atoms with Crippen LogP contribution in [0.2, 0.25) is 15.3 Å². The highest BCUT2D eigenvalue weighted by molar-refractivity contribution is 6.33. The van der Waals surface area contributed by atoms with Gasteiger partial charge in [0, 0.05) is 16.3 Å². The summed E-state index contributed by atoms with van der Waals surface area (Å²) in [5.74, 6) is 0.361. The van der Waals surface area contributed by atoms with Gasteiger partial charge < -0.3 is 10.4 Å². The number of aliphatic hydroxyl groups is 1. The SMILES string of the molecule is CC(C)(O)c1cc(Cl)ccc1Nc1nc(Cl)ncc1Cl. The van der Waals surface area contributed by atoms with Crippen molar-refractivity contribution in [1.82, 2.24) is 9.97 Å². The number of nitrogens with zero attached hydrogens (tertiary/aromatic N) is 2. The standard InChI is InChI=1S/C13H12Cl3N3O/c1-13(2,20)8-5-7(14)3-4-10(8)18-11-9(15)6-17-12(16)19-11/h3-6,20H,1-2H3,(H,17,18,19). The highest BCUT2D eigenvalue weighted by atomic mass is 35.5. The van der Waals surface area contributed by atoms with Crippen molar-refractivity contribution < 1.29 is 5.11 Å². The van der Waals surface area contributed by atoms with Crippen molar-refractivity contribution in [1.29, 1.82) is 0 Å². The van der Waals surface area contributed by atoms with Crippen molar-refractivity contribution in [3.63, 3.8) is 0 Å². The first-order chi connectivity index (χ1) is 9.27. The molecule has 4 nitrogen and oxygen atoms in total. The molecular formula is C13H12Cl3N3O. The van der Waals surface area contributed by atoms with Crippen LogP contribution in [0.1, 0.15) is 19.4 Å². The smallest absolute Gasteiger partial charge is 0.224 e. The number of hydrogen-bond donors (Lipinski definition) is 2. The summed E-state index contributed by atoms with van der Waals surface area (Å²) in [4.78, 5) is 7.79. The van der Waals surface area contributed by atoms with E-state index in [9.17, 15) is 5.11 Å². The van der Waals surface area contributed by atoms with Crippen molar-refractivity contribution in [3.05, 3.63) is 45.3 Å². The first-order valence-corrected chi connectivity index (χ1v) is 6.88. The largest absolute Gasteiger partial charge is 0.386 e. The van der Waals surface area contributed by atoms with E-state index in [-0.39, 0.29) is 5.28 Å². The first-order valence-electron chi connectivity index (χ1n) is 5.75. The third kappa shape index (κ3) is 3.52. The molecule has 0 saturated carbocycles. The molecule has 0 spiro atoms. The van der Waals surface area contributed by atoms with Gasteiger partial charge in [0.25, 0.3) is 0 Å². The Labute approximate surface area is 131 Å².